The van der Waals surface area contributed by atoms with Crippen molar-refractivity contribution in [3.63, 3.8) is 0 Å². The van der Waals surface area contributed by atoms with Crippen molar-refractivity contribution >= 4 is 16.7 Å². The molecule has 4 heteroatoms. The Balaban J connectivity index is 1.10. The predicted molar refractivity (Wildman–Crippen MR) is 135 cm³/mol. The third kappa shape index (κ3) is 3.93. The molecule has 1 aliphatic heterocycles. The Bertz CT molecular complexity index is 1160. The molecule has 1 saturated heterocycles. The van der Waals surface area contributed by atoms with Crippen LogP contribution in [-0.2, 0) is 16.9 Å². The zero-order valence-corrected chi connectivity index (χ0v) is 19.7. The third-order valence-electron chi connectivity index (χ3n) is 8.54. The number of likely N-dealkylation sites (tertiary alicyclic amines) is 1. The van der Waals surface area contributed by atoms with Crippen molar-refractivity contribution in [3.8, 4) is 0 Å². The van der Waals surface area contributed by atoms with E-state index >= 15 is 0 Å². The molecule has 2 saturated carbocycles. The highest BCUT2D eigenvalue weighted by molar-refractivity contribution is 5.87. The Morgan fingerprint density at radius 3 is 2.29 bits per heavy atom. The zero-order valence-electron chi connectivity index (χ0n) is 19.7. The van der Waals surface area contributed by atoms with Gasteiger partial charge in [-0.25, -0.2) is 0 Å². The van der Waals surface area contributed by atoms with Crippen LogP contribution < -0.4 is 5.32 Å². The number of carbonyl (C=O) groups excluding carboxylic acids is 1. The summed E-state index contributed by atoms with van der Waals surface area (Å²) in [5.41, 5.74) is 0.656. The summed E-state index contributed by atoms with van der Waals surface area (Å²) in [7, 11) is 0. The van der Waals surface area contributed by atoms with Crippen molar-refractivity contribution in [1.82, 2.24) is 10.2 Å². The van der Waals surface area contributed by atoms with E-state index in [9.17, 15) is 9.90 Å². The predicted octanol–water partition coefficient (Wildman–Crippen LogP) is 4.85. The summed E-state index contributed by atoms with van der Waals surface area (Å²) in [5.74, 6) is 0.796. The van der Waals surface area contributed by atoms with Gasteiger partial charge in [-0.05, 0) is 52.6 Å². The topological polar surface area (TPSA) is 52.6 Å². The molecule has 6 rings (SSSR count). The average molecular weight is 455 g/mol. The highest BCUT2D eigenvalue weighted by Gasteiger charge is 2.58. The van der Waals surface area contributed by atoms with Gasteiger partial charge in [0.25, 0.3) is 5.91 Å². The fourth-order valence-electron chi connectivity index (χ4n) is 6.58. The fraction of sp³-hybridized carbons (Fsp3) is 0.433. The summed E-state index contributed by atoms with van der Waals surface area (Å²) in [5, 5.41) is 17.7. The highest BCUT2D eigenvalue weighted by atomic mass is 16.3. The smallest absolute Gasteiger partial charge is 0.257 e. The molecule has 0 aromatic heterocycles. The van der Waals surface area contributed by atoms with Crippen LogP contribution in [0.4, 0.5) is 0 Å². The van der Waals surface area contributed by atoms with Gasteiger partial charge in [-0.15, -0.1) is 0 Å². The van der Waals surface area contributed by atoms with E-state index in [2.05, 4.69) is 52.7 Å². The number of benzene rings is 3. The summed E-state index contributed by atoms with van der Waals surface area (Å²) in [6, 6.07) is 25.0. The lowest BCUT2D eigenvalue weighted by Crippen LogP contribution is -2.51. The van der Waals surface area contributed by atoms with Gasteiger partial charge in [0.15, 0.2) is 5.60 Å². The van der Waals surface area contributed by atoms with Crippen LogP contribution in [0.3, 0.4) is 0 Å². The molecular formula is C30H34N2O2. The first kappa shape index (κ1) is 21.8. The molecule has 3 fully saturated rings. The number of fused-ring (bicyclic) bond motifs is 2. The van der Waals surface area contributed by atoms with Crippen LogP contribution in [0.5, 0.6) is 0 Å². The number of nitrogens with one attached hydrogen (secondary N) is 1. The zero-order chi connectivity index (χ0) is 23.1. The van der Waals surface area contributed by atoms with Gasteiger partial charge < -0.3 is 10.4 Å². The number of piperidine rings is 1. The second-order valence-electron chi connectivity index (χ2n) is 10.7. The van der Waals surface area contributed by atoms with Crippen molar-refractivity contribution in [2.75, 3.05) is 13.1 Å². The van der Waals surface area contributed by atoms with Crippen LogP contribution in [0.2, 0.25) is 0 Å². The van der Waals surface area contributed by atoms with Crippen LogP contribution in [0, 0.1) is 17.8 Å². The highest BCUT2D eigenvalue weighted by Crippen LogP contribution is 2.47. The van der Waals surface area contributed by atoms with Gasteiger partial charge in [-0.2, -0.15) is 0 Å². The number of carbonyl (C=O) groups is 1. The molecule has 34 heavy (non-hydrogen) atoms. The Labute approximate surface area is 202 Å². The monoisotopic (exact) mass is 454 g/mol. The van der Waals surface area contributed by atoms with Gasteiger partial charge in [0.2, 0.25) is 0 Å². The SMILES string of the molecule is O=C(NC1[C@H]2CN(Cc3ccc4ccccc4c3)C[C@@H]12)C(O)(c1ccccc1)C1CCCCC1. The number of aliphatic hydroxyl groups is 1. The number of hydrogen-bond donors (Lipinski definition) is 2. The molecule has 1 amide bonds. The second kappa shape index (κ2) is 8.83. The molecular weight excluding hydrogens is 420 g/mol. The van der Waals surface area contributed by atoms with E-state index in [0.717, 1.165) is 50.9 Å². The molecule has 3 aromatic carbocycles. The average Bonchev–Trinajstić information content (AvgIpc) is 3.32. The number of nitrogens with zero attached hydrogens (tertiary/aromatic N) is 1. The van der Waals surface area contributed by atoms with Gasteiger partial charge in [0.1, 0.15) is 0 Å². The van der Waals surface area contributed by atoms with Gasteiger partial charge in [0.05, 0.1) is 0 Å². The Morgan fingerprint density at radius 1 is 0.882 bits per heavy atom. The van der Waals surface area contributed by atoms with E-state index in [0.29, 0.717) is 11.8 Å². The molecule has 1 heterocycles. The largest absolute Gasteiger partial charge is 0.375 e. The molecule has 4 atom stereocenters. The van der Waals surface area contributed by atoms with Crippen LogP contribution in [0.1, 0.15) is 43.2 Å². The quantitative estimate of drug-likeness (QED) is 0.560. The van der Waals surface area contributed by atoms with Crippen molar-refractivity contribution in [2.24, 2.45) is 17.8 Å². The van der Waals surface area contributed by atoms with E-state index in [1.807, 2.05) is 30.3 Å². The Kier molecular flexibility index (Phi) is 5.66. The van der Waals surface area contributed by atoms with Crippen LogP contribution >= 0.6 is 0 Å². The van der Waals surface area contributed by atoms with E-state index < -0.39 is 5.60 Å². The van der Waals surface area contributed by atoms with Gasteiger partial charge >= 0.3 is 0 Å². The van der Waals surface area contributed by atoms with Crippen molar-refractivity contribution in [1.29, 1.82) is 0 Å². The second-order valence-corrected chi connectivity index (χ2v) is 10.7. The van der Waals surface area contributed by atoms with Crippen molar-refractivity contribution in [2.45, 2.75) is 50.3 Å². The van der Waals surface area contributed by atoms with E-state index in [1.54, 1.807) is 0 Å². The molecule has 2 aliphatic carbocycles. The molecule has 4 nitrogen and oxygen atoms in total. The standard InChI is InChI=1S/C30H34N2O2/c33-29(30(34,24-11-3-1-4-12-24)25-13-5-2-6-14-25)31-28-26-19-32(20-27(26)28)18-21-15-16-22-9-7-8-10-23(22)17-21/h1,3-4,7-12,15-17,25-28,34H,2,5-6,13-14,18-20H2,(H,31,33)/t26-,27+,28?,30?. The van der Waals surface area contributed by atoms with Crippen LogP contribution in [0.15, 0.2) is 72.8 Å². The van der Waals surface area contributed by atoms with Gasteiger partial charge in [-0.1, -0.05) is 86.0 Å². The number of rotatable bonds is 6. The minimum absolute atomic E-state index is 0.00774. The molecule has 3 aromatic rings. The normalized spacial score (nSPS) is 26.7. The molecule has 0 bridgehead atoms. The molecule has 0 spiro atoms. The minimum atomic E-state index is -1.43. The fourth-order valence-corrected chi connectivity index (χ4v) is 6.58. The van der Waals surface area contributed by atoms with Crippen molar-refractivity contribution < 1.29 is 9.90 Å². The maximum Gasteiger partial charge on any atom is 0.257 e. The molecule has 176 valence electrons. The minimum Gasteiger partial charge on any atom is -0.375 e. The van der Waals surface area contributed by atoms with Crippen LogP contribution in [-0.4, -0.2) is 35.0 Å². The lowest BCUT2D eigenvalue weighted by atomic mass is 9.73. The lowest BCUT2D eigenvalue weighted by Gasteiger charge is -2.38. The van der Waals surface area contributed by atoms with Crippen molar-refractivity contribution in [3.05, 3.63) is 83.9 Å². The van der Waals surface area contributed by atoms with E-state index in [-0.39, 0.29) is 17.9 Å². The summed E-state index contributed by atoms with van der Waals surface area (Å²) in [6.07, 6.45) is 5.20. The molecule has 3 aliphatic rings. The van der Waals surface area contributed by atoms with E-state index in [1.165, 1.54) is 22.8 Å². The maximum atomic E-state index is 13.6. The molecule has 2 unspecified atom stereocenters. The van der Waals surface area contributed by atoms with Gasteiger partial charge in [-0.3, -0.25) is 9.69 Å². The maximum absolute atomic E-state index is 13.6. The molecule has 0 radical (unpaired) electrons. The summed E-state index contributed by atoms with van der Waals surface area (Å²) < 4.78 is 0. The molecule has 2 N–H and O–H groups in total. The first-order valence-electron chi connectivity index (χ1n) is 12.9. The first-order valence-corrected chi connectivity index (χ1v) is 12.9. The van der Waals surface area contributed by atoms with Crippen LogP contribution in [0.25, 0.3) is 10.8 Å². The summed E-state index contributed by atoms with van der Waals surface area (Å²) in [4.78, 5) is 16.1. The first-order chi connectivity index (χ1) is 16.6. The van der Waals surface area contributed by atoms with E-state index in [4.69, 9.17) is 0 Å². The Hall–Kier alpha value is -2.69. The lowest BCUT2D eigenvalue weighted by molar-refractivity contribution is -0.149. The number of amides is 1. The Morgan fingerprint density at radius 2 is 1.56 bits per heavy atom. The summed E-state index contributed by atoms with van der Waals surface area (Å²) >= 11 is 0. The summed E-state index contributed by atoms with van der Waals surface area (Å²) in [6.45, 7) is 2.97. The third-order valence-corrected chi connectivity index (χ3v) is 8.54. The number of hydrogen-bond acceptors (Lipinski definition) is 3. The van der Waals surface area contributed by atoms with Gasteiger partial charge in [0, 0.05) is 31.6 Å².